The van der Waals surface area contributed by atoms with Gasteiger partial charge in [0.2, 0.25) is 12.2 Å². The lowest BCUT2D eigenvalue weighted by atomic mass is 9.63. The van der Waals surface area contributed by atoms with Gasteiger partial charge in [-0.05, 0) is 67.9 Å². The molecule has 59 heavy (non-hydrogen) atoms. The largest absolute Gasteiger partial charge is 0.481 e. The molecule has 3 rings (SSSR count). The third-order valence-electron chi connectivity index (χ3n) is 7.76. The normalized spacial score (nSPS) is 16.5. The van der Waals surface area contributed by atoms with Crippen LogP contribution in [0.1, 0.15) is 112 Å². The zero-order valence-corrected chi connectivity index (χ0v) is 34.1. The molecule has 2 atom stereocenters. The summed E-state index contributed by atoms with van der Waals surface area (Å²) in [5.41, 5.74) is 0.774. The molecule has 1 heterocycles. The standard InChI is InChI=1S/C12H18N2O2.C8H4O3.C6H10O4.C6H14O2.C5H8O3.C3H8O3/c1-11(2)4-10(14-9-16)5-12(3,6-11)7-13-8-15;9-7-5-3-1-2-4-6(5)8(10)11-7;7-5(8)3-1-2-4-6(9)10;7-5-3-1-2-4-6-8;1-2-5(7)8-4-3-6;4-1-3(6)2-5/h10H,4-7H2,1-3H3;1-4H;1-4H2,(H,7,8)(H,9,10);7-8H,1-6H2;2,6H,1,3-4H2;3-6H,1-2H2. The van der Waals surface area contributed by atoms with Gasteiger partial charge in [-0.2, -0.15) is 0 Å². The SMILES string of the molecule is C=CC(=O)OCCO.CC1(C)CC(N=C=O)CC(C)(CN=C=O)C1.O=C(O)CCCCC(=O)O.O=C1OC(=O)c2ccccc21.OCC(O)CO.OCCCCCCO. The molecule has 0 radical (unpaired) electrons. The monoisotopic (exact) mass is 842 g/mol. The molecule has 1 aliphatic carbocycles. The van der Waals surface area contributed by atoms with Gasteiger partial charge in [0.25, 0.3) is 0 Å². The lowest BCUT2D eigenvalue weighted by Gasteiger charge is -2.44. The zero-order chi connectivity index (χ0) is 45.7. The Kier molecular flexibility index (Phi) is 35.7. The molecule has 0 aromatic heterocycles. The molecule has 1 aromatic rings. The third kappa shape index (κ3) is 33.7. The summed E-state index contributed by atoms with van der Waals surface area (Å²) in [5, 5.41) is 65.0. The molecule has 1 aromatic carbocycles. The van der Waals surface area contributed by atoms with Gasteiger partial charge in [0.1, 0.15) is 12.7 Å². The lowest BCUT2D eigenvalue weighted by Crippen LogP contribution is -2.39. The van der Waals surface area contributed by atoms with Crippen molar-refractivity contribution in [2.75, 3.05) is 46.2 Å². The Labute approximate surface area is 344 Å². The number of aliphatic hydroxyl groups excluding tert-OH is 6. The Morgan fingerprint density at radius 1 is 0.831 bits per heavy atom. The summed E-state index contributed by atoms with van der Waals surface area (Å²) in [4.78, 5) is 79.6. The van der Waals surface area contributed by atoms with Gasteiger partial charge in [-0.25, -0.2) is 34.0 Å². The van der Waals surface area contributed by atoms with E-state index in [2.05, 4.69) is 46.8 Å². The number of esters is 3. The van der Waals surface area contributed by atoms with E-state index in [1.165, 1.54) is 0 Å². The lowest BCUT2D eigenvalue weighted by molar-refractivity contribution is -0.139. The number of rotatable bonds is 18. The number of hydrogen-bond donors (Lipinski definition) is 8. The fraction of sp³-hybridized carbons (Fsp3) is 0.625. The molecule has 0 spiro atoms. The fourth-order valence-corrected chi connectivity index (χ4v) is 5.51. The van der Waals surface area contributed by atoms with Crippen LogP contribution in [0.15, 0.2) is 46.9 Å². The molecule has 0 bridgehead atoms. The van der Waals surface area contributed by atoms with Crippen molar-refractivity contribution in [2.45, 2.75) is 104 Å². The van der Waals surface area contributed by atoms with Gasteiger partial charge in [-0.15, -0.1) is 0 Å². The first-order valence-corrected chi connectivity index (χ1v) is 18.8. The number of benzene rings is 1. The van der Waals surface area contributed by atoms with Crippen LogP contribution in [0.2, 0.25) is 0 Å². The number of nitrogens with zero attached hydrogens (tertiary/aromatic N) is 2. The summed E-state index contributed by atoms with van der Waals surface area (Å²) in [5.74, 6) is -3.34. The van der Waals surface area contributed by atoms with E-state index in [1.807, 2.05) is 0 Å². The van der Waals surface area contributed by atoms with Gasteiger partial charge in [-0.1, -0.05) is 52.3 Å². The number of fused-ring (bicyclic) bond motifs is 1. The first-order valence-electron chi connectivity index (χ1n) is 18.8. The van der Waals surface area contributed by atoms with Gasteiger partial charge in [0.15, 0.2) is 0 Å². The summed E-state index contributed by atoms with van der Waals surface area (Å²) in [7, 11) is 0. The molecule has 19 heteroatoms. The van der Waals surface area contributed by atoms with E-state index in [4.69, 9.17) is 40.9 Å². The Bertz CT molecular complexity index is 1410. The highest BCUT2D eigenvalue weighted by atomic mass is 16.6. The van der Waals surface area contributed by atoms with E-state index in [0.717, 1.165) is 51.0 Å². The third-order valence-corrected chi connectivity index (χ3v) is 7.76. The van der Waals surface area contributed by atoms with E-state index in [0.29, 0.717) is 30.5 Å². The van der Waals surface area contributed by atoms with Crippen molar-refractivity contribution in [1.82, 2.24) is 0 Å². The number of aliphatic carboxylic acids is 2. The second kappa shape index (κ2) is 36.1. The Balaban J connectivity index is -0.000000658. The minimum absolute atomic E-state index is 0.00750. The fourth-order valence-electron chi connectivity index (χ4n) is 5.51. The van der Waals surface area contributed by atoms with E-state index in [-0.39, 0.29) is 69.4 Å². The molecule has 0 amide bonds. The number of ether oxygens (including phenoxy) is 2. The molecule has 1 saturated carbocycles. The molecular formula is C40H62N2O17. The van der Waals surface area contributed by atoms with Crippen molar-refractivity contribution < 1.29 is 83.9 Å². The first kappa shape index (κ1) is 58.3. The number of carboxylic acid groups (broad SMARTS) is 2. The molecule has 8 N–H and O–H groups in total. The maximum Gasteiger partial charge on any atom is 0.346 e. The number of aliphatic imine (C=N–C) groups is 2. The summed E-state index contributed by atoms with van der Waals surface area (Å²) < 4.78 is 8.69. The van der Waals surface area contributed by atoms with Crippen LogP contribution in [0.5, 0.6) is 0 Å². The van der Waals surface area contributed by atoms with Crippen LogP contribution in [0.4, 0.5) is 0 Å². The highest BCUT2D eigenvalue weighted by Gasteiger charge is 2.41. The Hall–Kier alpha value is -4.97. The smallest absolute Gasteiger partial charge is 0.346 e. The first-order chi connectivity index (χ1) is 27.9. The topological polar surface area (TPSA) is 325 Å². The van der Waals surface area contributed by atoms with E-state index in [1.54, 1.807) is 36.4 Å². The number of hydrogen-bond acceptors (Lipinski definition) is 17. The molecule has 1 aliphatic heterocycles. The summed E-state index contributed by atoms with van der Waals surface area (Å²) >= 11 is 0. The highest BCUT2D eigenvalue weighted by Crippen LogP contribution is 2.47. The van der Waals surface area contributed by atoms with Crippen LogP contribution in [0.3, 0.4) is 0 Å². The summed E-state index contributed by atoms with van der Waals surface area (Å²) in [6.45, 7) is 9.76. The highest BCUT2D eigenvalue weighted by molar-refractivity contribution is 6.14. The average molecular weight is 843 g/mol. The maximum absolute atomic E-state index is 10.8. The predicted octanol–water partition coefficient (Wildman–Crippen LogP) is 2.53. The number of aliphatic hydroxyl groups is 6. The minimum Gasteiger partial charge on any atom is -0.481 e. The molecule has 19 nitrogen and oxygen atoms in total. The average Bonchev–Trinajstić information content (AvgIpc) is 3.49. The number of isocyanates is 2. The Morgan fingerprint density at radius 2 is 1.32 bits per heavy atom. The van der Waals surface area contributed by atoms with Crippen LogP contribution in [-0.4, -0.2) is 141 Å². The Morgan fingerprint density at radius 3 is 1.68 bits per heavy atom. The van der Waals surface area contributed by atoms with Gasteiger partial charge in [0, 0.05) is 32.1 Å². The molecule has 2 unspecified atom stereocenters. The van der Waals surface area contributed by atoms with Gasteiger partial charge in [0.05, 0.1) is 43.5 Å². The quantitative estimate of drug-likeness (QED) is 0.0263. The van der Waals surface area contributed by atoms with Crippen LogP contribution < -0.4 is 0 Å². The van der Waals surface area contributed by atoms with E-state index >= 15 is 0 Å². The molecule has 0 saturated heterocycles. The number of unbranched alkanes of at least 4 members (excludes halogenated alkanes) is 4. The maximum atomic E-state index is 10.8. The molecular weight excluding hydrogens is 780 g/mol. The van der Waals surface area contributed by atoms with Crippen molar-refractivity contribution in [1.29, 1.82) is 0 Å². The second-order valence-electron chi connectivity index (χ2n) is 14.0. The number of carbonyl (C=O) groups is 5. The van der Waals surface area contributed by atoms with Crippen molar-refractivity contribution in [3.8, 4) is 0 Å². The summed E-state index contributed by atoms with van der Waals surface area (Å²) in [6.07, 6.45) is 10.8. The van der Waals surface area contributed by atoms with Crippen LogP contribution in [0.25, 0.3) is 0 Å². The number of carboxylic acids is 2. The predicted molar refractivity (Wildman–Crippen MR) is 212 cm³/mol. The number of cyclic esters (lactones) is 2. The summed E-state index contributed by atoms with van der Waals surface area (Å²) in [6, 6.07) is 6.54. The minimum atomic E-state index is -0.954. The van der Waals surface area contributed by atoms with Gasteiger partial charge in [-0.3, -0.25) is 9.59 Å². The number of carbonyl (C=O) groups excluding carboxylic acids is 5. The van der Waals surface area contributed by atoms with Gasteiger partial charge >= 0.3 is 29.8 Å². The van der Waals surface area contributed by atoms with Gasteiger partial charge < -0.3 is 50.3 Å². The molecule has 1 fully saturated rings. The zero-order valence-electron chi connectivity index (χ0n) is 34.1. The van der Waals surface area contributed by atoms with Crippen molar-refractivity contribution >= 4 is 42.0 Å². The van der Waals surface area contributed by atoms with Crippen molar-refractivity contribution in [3.63, 3.8) is 0 Å². The van der Waals surface area contributed by atoms with Crippen molar-refractivity contribution in [2.24, 2.45) is 20.8 Å². The van der Waals surface area contributed by atoms with E-state index < -0.39 is 36.0 Å². The van der Waals surface area contributed by atoms with Crippen molar-refractivity contribution in [3.05, 3.63) is 48.0 Å². The van der Waals surface area contributed by atoms with Crippen LogP contribution in [-0.2, 0) is 33.4 Å². The van der Waals surface area contributed by atoms with Crippen LogP contribution >= 0.6 is 0 Å². The van der Waals surface area contributed by atoms with E-state index in [9.17, 15) is 33.6 Å². The second-order valence-corrected chi connectivity index (χ2v) is 14.0. The molecule has 334 valence electrons. The van der Waals surface area contributed by atoms with Crippen LogP contribution in [0, 0.1) is 10.8 Å². The molecule has 2 aliphatic rings.